The number of aliphatic hydroxyl groups is 1. The number of likely N-dealkylation sites (N-methyl/N-ethyl adjacent to an activating group) is 1. The minimum atomic E-state index is -4.56. The number of phosphoric acid groups is 1. The number of unbranched alkanes of at least 4 members (excludes halogenated alkanes) is 44. The minimum absolute atomic E-state index is 0.0152. The molecule has 0 aromatic heterocycles. The van der Waals surface area contributed by atoms with E-state index in [-0.39, 0.29) is 19.1 Å². The van der Waals surface area contributed by atoms with E-state index in [0.29, 0.717) is 23.9 Å². The number of phosphoric ester groups is 1. The summed E-state index contributed by atoms with van der Waals surface area (Å²) >= 11 is 0. The zero-order valence-electron chi connectivity index (χ0n) is 48.5. The Morgan fingerprint density at radius 3 is 1.10 bits per heavy atom. The molecule has 0 heterocycles. The second-order valence-electron chi connectivity index (χ2n) is 23.1. The molecule has 0 bridgehead atoms. The van der Waals surface area contributed by atoms with Gasteiger partial charge in [0, 0.05) is 6.42 Å². The SMILES string of the molecule is CCCCCCCCCC/C=C\CCCCCCCCCCCCCCCCCCCCCCCCCCCCCCCC(=O)NC(COP(=O)([O-])OCC[N+](C)(C)C)C(O)CCCCCCCCCC. The third-order valence-electron chi connectivity index (χ3n) is 14.8. The lowest BCUT2D eigenvalue weighted by atomic mass is 10.0. The second kappa shape index (κ2) is 54.0. The van der Waals surface area contributed by atoms with Crippen LogP contribution in [0.5, 0.6) is 0 Å². The predicted octanol–water partition coefficient (Wildman–Crippen LogP) is 18.8. The molecule has 8 nitrogen and oxygen atoms in total. The Kier molecular flexibility index (Phi) is 53.5. The summed E-state index contributed by atoms with van der Waals surface area (Å²) in [6.45, 7) is 4.72. The van der Waals surface area contributed by atoms with Crippen LogP contribution in [0.4, 0.5) is 0 Å². The molecule has 0 fully saturated rings. The van der Waals surface area contributed by atoms with E-state index in [4.69, 9.17) is 9.05 Å². The molecule has 71 heavy (non-hydrogen) atoms. The molecule has 3 unspecified atom stereocenters. The zero-order valence-corrected chi connectivity index (χ0v) is 49.4. The van der Waals surface area contributed by atoms with Crippen molar-refractivity contribution in [2.75, 3.05) is 40.9 Å². The van der Waals surface area contributed by atoms with E-state index in [1.165, 1.54) is 263 Å². The molecule has 0 radical (unpaired) electrons. The molecule has 0 spiro atoms. The first-order valence-electron chi connectivity index (χ1n) is 31.5. The number of carbonyl (C=O) groups is 1. The van der Waals surface area contributed by atoms with Gasteiger partial charge < -0.3 is 28.8 Å². The average Bonchev–Trinajstić information content (AvgIpc) is 3.33. The maximum atomic E-state index is 12.9. The van der Waals surface area contributed by atoms with E-state index in [0.717, 1.165) is 38.5 Å². The Hall–Kier alpha value is -0.760. The number of amides is 1. The third-order valence-corrected chi connectivity index (χ3v) is 15.7. The summed E-state index contributed by atoms with van der Waals surface area (Å²) in [5.41, 5.74) is 0. The fourth-order valence-electron chi connectivity index (χ4n) is 9.80. The normalized spacial score (nSPS) is 13.8. The highest BCUT2D eigenvalue weighted by Gasteiger charge is 2.24. The van der Waals surface area contributed by atoms with Crippen LogP contribution in [-0.2, 0) is 18.4 Å². The van der Waals surface area contributed by atoms with Crippen LogP contribution in [0.1, 0.15) is 328 Å². The van der Waals surface area contributed by atoms with Gasteiger partial charge in [-0.15, -0.1) is 0 Å². The van der Waals surface area contributed by atoms with E-state index in [2.05, 4.69) is 31.3 Å². The lowest BCUT2D eigenvalue weighted by Gasteiger charge is -2.30. The minimum Gasteiger partial charge on any atom is -0.756 e. The number of aliphatic hydroxyl groups excluding tert-OH is 1. The maximum absolute atomic E-state index is 12.9. The van der Waals surface area contributed by atoms with Gasteiger partial charge in [0.05, 0.1) is 39.9 Å². The Labute approximate surface area is 443 Å². The van der Waals surface area contributed by atoms with Gasteiger partial charge in [0.25, 0.3) is 7.82 Å². The lowest BCUT2D eigenvalue weighted by molar-refractivity contribution is -0.870. The Morgan fingerprint density at radius 2 is 0.775 bits per heavy atom. The molecular formula is C62H125N2O6P. The predicted molar refractivity (Wildman–Crippen MR) is 307 cm³/mol. The first-order valence-corrected chi connectivity index (χ1v) is 33.0. The van der Waals surface area contributed by atoms with Crippen molar-refractivity contribution in [1.29, 1.82) is 0 Å². The highest BCUT2D eigenvalue weighted by Crippen LogP contribution is 2.38. The van der Waals surface area contributed by atoms with Crippen molar-refractivity contribution in [3.63, 3.8) is 0 Å². The summed E-state index contributed by atoms with van der Waals surface area (Å²) in [5.74, 6) is -0.161. The molecule has 1 amide bonds. The fraction of sp³-hybridized carbons (Fsp3) is 0.952. The van der Waals surface area contributed by atoms with Gasteiger partial charge in [-0.3, -0.25) is 9.36 Å². The van der Waals surface area contributed by atoms with Crippen LogP contribution in [0, 0.1) is 0 Å². The molecule has 0 saturated carbocycles. The summed E-state index contributed by atoms with van der Waals surface area (Å²) in [4.78, 5) is 25.4. The summed E-state index contributed by atoms with van der Waals surface area (Å²) in [6, 6.07) is -0.794. The van der Waals surface area contributed by atoms with Gasteiger partial charge in [0.1, 0.15) is 13.2 Å². The number of rotatable bonds is 59. The van der Waals surface area contributed by atoms with Crippen LogP contribution in [0.25, 0.3) is 0 Å². The zero-order chi connectivity index (χ0) is 52.0. The van der Waals surface area contributed by atoms with Gasteiger partial charge >= 0.3 is 0 Å². The quantitative estimate of drug-likeness (QED) is 0.0272. The first kappa shape index (κ1) is 70.2. The van der Waals surface area contributed by atoms with Gasteiger partial charge in [0.2, 0.25) is 5.91 Å². The van der Waals surface area contributed by atoms with Gasteiger partial charge in [0.15, 0.2) is 0 Å². The van der Waals surface area contributed by atoms with Gasteiger partial charge in [-0.2, -0.15) is 0 Å². The monoisotopic (exact) mass is 1020 g/mol. The number of quaternary nitrogens is 1. The smallest absolute Gasteiger partial charge is 0.268 e. The molecule has 0 aliphatic rings. The van der Waals surface area contributed by atoms with Gasteiger partial charge in [-0.05, 0) is 38.5 Å². The second-order valence-corrected chi connectivity index (χ2v) is 24.5. The average molecular weight is 1030 g/mol. The van der Waals surface area contributed by atoms with Crippen molar-refractivity contribution in [3.05, 3.63) is 12.2 Å². The van der Waals surface area contributed by atoms with E-state index in [9.17, 15) is 19.4 Å². The molecule has 3 atom stereocenters. The number of allylic oxidation sites excluding steroid dienone is 2. The standard InChI is InChI=1S/C62H125N2O6P/c1-6-8-10-12-14-16-17-18-19-20-21-22-23-24-25-26-27-28-29-30-31-32-33-34-35-36-37-38-39-40-41-42-43-44-45-46-47-48-50-52-54-56-62(66)63-60(59-70-71(67,68)69-58-57-64(3,4)5)61(65)55-53-51-49-15-13-11-9-7-2/h20-21,60-61,65H,6-19,22-59H2,1-5H3,(H-,63,66,67,68)/b21-20-. The Balaban J connectivity index is 3.68. The van der Waals surface area contributed by atoms with Crippen LogP contribution < -0.4 is 10.2 Å². The maximum Gasteiger partial charge on any atom is 0.268 e. The van der Waals surface area contributed by atoms with Crippen LogP contribution in [0.2, 0.25) is 0 Å². The van der Waals surface area contributed by atoms with E-state index in [1.54, 1.807) is 0 Å². The van der Waals surface area contributed by atoms with E-state index < -0.39 is 20.0 Å². The van der Waals surface area contributed by atoms with Crippen molar-refractivity contribution >= 4 is 13.7 Å². The van der Waals surface area contributed by atoms with Crippen LogP contribution in [-0.4, -0.2) is 68.5 Å². The highest BCUT2D eigenvalue weighted by atomic mass is 31.2. The van der Waals surface area contributed by atoms with Gasteiger partial charge in [-0.25, -0.2) is 0 Å². The Morgan fingerprint density at radius 1 is 0.479 bits per heavy atom. The molecule has 0 aliphatic heterocycles. The molecule has 0 saturated heterocycles. The Bertz CT molecular complexity index is 1160. The van der Waals surface area contributed by atoms with Crippen molar-refractivity contribution in [3.8, 4) is 0 Å². The molecule has 0 rings (SSSR count). The summed E-state index contributed by atoms with van der Waals surface area (Å²) in [5, 5.41) is 13.9. The first-order chi connectivity index (χ1) is 34.5. The summed E-state index contributed by atoms with van der Waals surface area (Å²) < 4.78 is 23.3. The molecular weight excluding hydrogens is 900 g/mol. The number of hydrogen-bond acceptors (Lipinski definition) is 6. The van der Waals surface area contributed by atoms with Crippen molar-refractivity contribution < 1.29 is 32.9 Å². The van der Waals surface area contributed by atoms with Crippen LogP contribution in [0.3, 0.4) is 0 Å². The van der Waals surface area contributed by atoms with Crippen LogP contribution >= 0.6 is 7.82 Å². The molecule has 0 aromatic rings. The van der Waals surface area contributed by atoms with E-state index >= 15 is 0 Å². The number of hydrogen-bond donors (Lipinski definition) is 2. The molecule has 2 N–H and O–H groups in total. The van der Waals surface area contributed by atoms with Gasteiger partial charge in [-0.1, -0.05) is 296 Å². The number of nitrogens with zero attached hydrogens (tertiary/aromatic N) is 1. The fourth-order valence-corrected chi connectivity index (χ4v) is 10.5. The lowest BCUT2D eigenvalue weighted by Crippen LogP contribution is -2.46. The summed E-state index contributed by atoms with van der Waals surface area (Å²) in [6.07, 6.45) is 67.5. The highest BCUT2D eigenvalue weighted by molar-refractivity contribution is 7.45. The summed E-state index contributed by atoms with van der Waals surface area (Å²) in [7, 11) is 1.32. The van der Waals surface area contributed by atoms with Crippen molar-refractivity contribution in [2.24, 2.45) is 0 Å². The van der Waals surface area contributed by atoms with Crippen LogP contribution in [0.15, 0.2) is 12.2 Å². The number of nitrogens with one attached hydrogen (secondary N) is 1. The third kappa shape index (κ3) is 56.8. The largest absolute Gasteiger partial charge is 0.756 e. The number of carbonyl (C=O) groups excluding carboxylic acids is 1. The molecule has 0 aliphatic carbocycles. The molecule has 9 heteroatoms. The van der Waals surface area contributed by atoms with E-state index in [1.807, 2.05) is 21.1 Å². The van der Waals surface area contributed by atoms with Crippen molar-refractivity contribution in [1.82, 2.24) is 5.32 Å². The van der Waals surface area contributed by atoms with Crippen molar-refractivity contribution in [2.45, 2.75) is 341 Å². The molecule has 0 aromatic carbocycles. The topological polar surface area (TPSA) is 108 Å². The molecule has 424 valence electrons.